The van der Waals surface area contributed by atoms with Gasteiger partial charge in [0.15, 0.2) is 5.76 Å². The molecule has 0 fully saturated rings. The molecule has 7 rings (SSSR count). The molecule has 0 saturated carbocycles. The summed E-state index contributed by atoms with van der Waals surface area (Å²) in [4.78, 5) is 27.5. The zero-order valence-electron chi connectivity index (χ0n) is 21.0. The largest absolute Gasteiger partial charge is 0.508 e. The van der Waals surface area contributed by atoms with Gasteiger partial charge >= 0.3 is 5.79 Å². The van der Waals surface area contributed by atoms with Gasteiger partial charge in [-0.3, -0.25) is 9.59 Å². The van der Waals surface area contributed by atoms with Crippen LogP contribution in [0.2, 0.25) is 0 Å². The smallest absolute Gasteiger partial charge is 0.319 e. The number of ketones is 1. The summed E-state index contributed by atoms with van der Waals surface area (Å²) in [5, 5.41) is 74.0. The Morgan fingerprint density at radius 2 is 1.29 bits per heavy atom. The van der Waals surface area contributed by atoms with Crippen molar-refractivity contribution < 1.29 is 54.4 Å². The topological polar surface area (TPSA) is 207 Å². The van der Waals surface area contributed by atoms with Crippen LogP contribution in [0.4, 0.5) is 0 Å². The van der Waals surface area contributed by atoms with Gasteiger partial charge in [0.2, 0.25) is 22.6 Å². The van der Waals surface area contributed by atoms with Crippen molar-refractivity contribution in [1.29, 1.82) is 0 Å². The van der Waals surface area contributed by atoms with Gasteiger partial charge in [0.05, 0.1) is 5.56 Å². The summed E-state index contributed by atoms with van der Waals surface area (Å²) >= 11 is 0. The van der Waals surface area contributed by atoms with Gasteiger partial charge in [0.1, 0.15) is 56.8 Å². The summed E-state index contributed by atoms with van der Waals surface area (Å²) in [5.74, 6) is -8.07. The second-order valence-electron chi connectivity index (χ2n) is 9.87. The van der Waals surface area contributed by atoms with Crippen molar-refractivity contribution in [2.45, 2.75) is 11.4 Å². The van der Waals surface area contributed by atoms with E-state index in [4.69, 9.17) is 13.9 Å². The maximum Gasteiger partial charge on any atom is 0.319 e. The first-order valence-electron chi connectivity index (χ1n) is 12.3. The fraction of sp³-hybridized carbons (Fsp3) is 0.0667. The second kappa shape index (κ2) is 8.08. The van der Waals surface area contributed by atoms with E-state index in [1.54, 1.807) is 0 Å². The number of Topliss-reactive ketones (excluding diaryl/α,β-unsaturated/α-hetero) is 1. The fourth-order valence-electron chi connectivity index (χ4n) is 5.53. The highest BCUT2D eigenvalue weighted by molar-refractivity contribution is 6.11. The highest BCUT2D eigenvalue weighted by Crippen LogP contribution is 2.62. The number of carbonyl (C=O) groups is 1. The third kappa shape index (κ3) is 3.03. The van der Waals surface area contributed by atoms with Gasteiger partial charge in [0.25, 0.3) is 0 Å². The van der Waals surface area contributed by atoms with E-state index in [1.807, 2.05) is 0 Å². The van der Waals surface area contributed by atoms with Gasteiger partial charge in [-0.25, -0.2) is 0 Å². The molecule has 2 aliphatic heterocycles. The van der Waals surface area contributed by atoms with E-state index in [-0.39, 0.29) is 45.5 Å². The lowest BCUT2D eigenvalue weighted by Crippen LogP contribution is -2.60. The summed E-state index contributed by atoms with van der Waals surface area (Å²) in [6, 6.07) is 13.4. The molecular weight excluding hydrogens is 552 g/mol. The Balaban J connectivity index is 1.55. The van der Waals surface area contributed by atoms with Crippen molar-refractivity contribution in [1.82, 2.24) is 0 Å². The van der Waals surface area contributed by atoms with Crippen LogP contribution in [0.25, 0.3) is 22.3 Å². The molecule has 0 radical (unpaired) electrons. The predicted octanol–water partition coefficient (Wildman–Crippen LogP) is 3.40. The number of phenols is 5. The molecule has 42 heavy (non-hydrogen) atoms. The molecule has 5 aromatic rings. The lowest BCUT2D eigenvalue weighted by molar-refractivity contribution is -0.218. The molecule has 1 aromatic heterocycles. The van der Waals surface area contributed by atoms with E-state index in [0.29, 0.717) is 0 Å². The molecule has 0 saturated heterocycles. The monoisotopic (exact) mass is 570 g/mol. The van der Waals surface area contributed by atoms with Crippen LogP contribution in [0.3, 0.4) is 0 Å². The maximum absolute atomic E-state index is 14.1. The zero-order chi connectivity index (χ0) is 29.7. The minimum Gasteiger partial charge on any atom is -0.508 e. The first-order valence-corrected chi connectivity index (χ1v) is 12.3. The molecule has 12 nitrogen and oxygen atoms in total. The van der Waals surface area contributed by atoms with Gasteiger partial charge in [-0.1, -0.05) is 0 Å². The maximum atomic E-state index is 14.1. The predicted molar refractivity (Wildman–Crippen MR) is 142 cm³/mol. The highest BCUT2D eigenvalue weighted by Gasteiger charge is 2.72. The molecule has 2 atom stereocenters. The van der Waals surface area contributed by atoms with Crippen LogP contribution in [-0.4, -0.2) is 41.5 Å². The number of carbonyl (C=O) groups excluding carboxylic acids is 1. The van der Waals surface area contributed by atoms with Crippen LogP contribution >= 0.6 is 0 Å². The molecule has 0 aliphatic carbocycles. The lowest BCUT2D eigenvalue weighted by Gasteiger charge is -2.43. The molecule has 3 heterocycles. The molecule has 0 amide bonds. The summed E-state index contributed by atoms with van der Waals surface area (Å²) in [6.45, 7) is 0. The first-order chi connectivity index (χ1) is 20.0. The number of aliphatic hydroxyl groups is 1. The minimum atomic E-state index is -2.96. The van der Waals surface area contributed by atoms with Crippen LogP contribution in [0, 0.1) is 0 Å². The summed E-state index contributed by atoms with van der Waals surface area (Å²) in [5.41, 5.74) is -5.35. The Kier molecular flexibility index (Phi) is 4.83. The SMILES string of the molecule is O=C1c2c(O)cc(O)cc2OC2(c3ccc(O)cc3)Oc3cc4oc(-c5ccc(O)cc5)c(O)c(=O)c4c(O)c3C12O. The Morgan fingerprint density at radius 3 is 1.95 bits per heavy atom. The number of rotatable bonds is 2. The first kappa shape index (κ1) is 25.1. The van der Waals surface area contributed by atoms with E-state index in [2.05, 4.69) is 0 Å². The molecule has 0 bridgehead atoms. The number of hydrogen-bond donors (Lipinski definition) is 7. The van der Waals surface area contributed by atoms with E-state index in [0.717, 1.165) is 18.2 Å². The highest BCUT2D eigenvalue weighted by atomic mass is 16.7. The standard InChI is InChI=1S/C30H18O12/c31-14-5-1-12(2-6-14)27-26(37)25(36)22-18(40-27)11-20-23(24(22)35)29(39)28(38)21-17(34)9-16(33)10-19(21)41-30(29,42-20)13-3-7-15(32)8-4-13/h1-11,31-35,37,39H. The van der Waals surface area contributed by atoms with Crippen molar-refractivity contribution in [3.63, 3.8) is 0 Å². The second-order valence-corrected chi connectivity index (χ2v) is 9.87. The van der Waals surface area contributed by atoms with Crippen molar-refractivity contribution in [3.05, 3.63) is 93.6 Å². The normalized spacial score (nSPS) is 20.4. The Hall–Kier alpha value is -5.88. The Labute approximate surface area is 233 Å². The third-order valence-electron chi connectivity index (χ3n) is 7.44. The number of phenolic OH excluding ortho intramolecular Hbond substituents is 5. The number of aromatic hydroxyl groups is 6. The van der Waals surface area contributed by atoms with Crippen LogP contribution < -0.4 is 14.9 Å². The fourth-order valence-corrected chi connectivity index (χ4v) is 5.53. The number of fused-ring (bicyclic) bond motifs is 5. The van der Waals surface area contributed by atoms with Crippen LogP contribution in [0.5, 0.6) is 46.0 Å². The molecule has 0 spiro atoms. The average molecular weight is 570 g/mol. The zero-order valence-corrected chi connectivity index (χ0v) is 21.0. The molecule has 12 heteroatoms. The van der Waals surface area contributed by atoms with Crippen LogP contribution in [-0.2, 0) is 11.4 Å². The Morgan fingerprint density at radius 1 is 0.667 bits per heavy atom. The van der Waals surface area contributed by atoms with E-state index in [9.17, 15) is 45.3 Å². The van der Waals surface area contributed by atoms with Gasteiger partial charge in [-0.2, -0.15) is 0 Å². The number of hydrogen-bond acceptors (Lipinski definition) is 12. The third-order valence-corrected chi connectivity index (χ3v) is 7.44. The van der Waals surface area contributed by atoms with Crippen molar-refractivity contribution in [3.8, 4) is 57.3 Å². The van der Waals surface area contributed by atoms with E-state index < -0.39 is 62.1 Å². The number of benzene rings is 4. The minimum absolute atomic E-state index is 0.0313. The number of ether oxygens (including phenoxy) is 2. The molecule has 4 aromatic carbocycles. The molecule has 7 N–H and O–H groups in total. The summed E-state index contributed by atoms with van der Waals surface area (Å²) in [7, 11) is 0. The van der Waals surface area contributed by atoms with Gasteiger partial charge in [0, 0.05) is 29.3 Å². The lowest BCUT2D eigenvalue weighted by atomic mass is 9.74. The van der Waals surface area contributed by atoms with Crippen LogP contribution in [0.1, 0.15) is 21.5 Å². The van der Waals surface area contributed by atoms with Gasteiger partial charge in [-0.15, -0.1) is 0 Å². The molecule has 210 valence electrons. The van der Waals surface area contributed by atoms with Gasteiger partial charge < -0.3 is 49.6 Å². The molecular formula is C30H18O12. The molecule has 2 unspecified atom stereocenters. The van der Waals surface area contributed by atoms with Crippen LogP contribution in [0.15, 0.2) is 75.9 Å². The van der Waals surface area contributed by atoms with E-state index >= 15 is 0 Å². The summed E-state index contributed by atoms with van der Waals surface area (Å²) < 4.78 is 17.9. The van der Waals surface area contributed by atoms with E-state index in [1.165, 1.54) is 48.5 Å². The molecule has 2 aliphatic rings. The van der Waals surface area contributed by atoms with Crippen molar-refractivity contribution in [2.24, 2.45) is 0 Å². The van der Waals surface area contributed by atoms with Crippen molar-refractivity contribution in [2.75, 3.05) is 0 Å². The summed E-state index contributed by atoms with van der Waals surface area (Å²) in [6.07, 6.45) is 0. The Bertz CT molecular complexity index is 2050. The van der Waals surface area contributed by atoms with Gasteiger partial charge in [-0.05, 0) is 48.5 Å². The quantitative estimate of drug-likeness (QED) is 0.163. The average Bonchev–Trinajstić information content (AvgIpc) is 3.20. The van der Waals surface area contributed by atoms with Crippen molar-refractivity contribution >= 4 is 16.8 Å².